The van der Waals surface area contributed by atoms with Crippen molar-refractivity contribution in [2.45, 2.75) is 39.2 Å². The molecule has 0 saturated heterocycles. The van der Waals surface area contributed by atoms with Crippen LogP contribution in [0.3, 0.4) is 0 Å². The van der Waals surface area contributed by atoms with Crippen molar-refractivity contribution >= 4 is 0 Å². The summed E-state index contributed by atoms with van der Waals surface area (Å²) in [6.45, 7) is 5.95. The number of rotatable bonds is 4. The molecule has 0 aromatic carbocycles. The van der Waals surface area contributed by atoms with Gasteiger partial charge in [0.25, 0.3) is 0 Å². The van der Waals surface area contributed by atoms with Gasteiger partial charge in [0.1, 0.15) is 0 Å². The first-order chi connectivity index (χ1) is 8.54. The molecule has 96 valence electrons. The summed E-state index contributed by atoms with van der Waals surface area (Å²) in [7, 11) is 0. The molecule has 0 aliphatic heterocycles. The van der Waals surface area contributed by atoms with Crippen LogP contribution in [0, 0.1) is 6.92 Å². The molecule has 2 rings (SSSR count). The number of hydrogen-bond donors (Lipinski definition) is 1. The Bertz CT molecular complexity index is 533. The van der Waals surface area contributed by atoms with Crippen molar-refractivity contribution < 1.29 is 4.52 Å². The quantitative estimate of drug-likeness (QED) is 0.896. The second-order valence-electron chi connectivity index (χ2n) is 4.78. The standard InChI is InChI=1S/C13H18N4O/c1-4-6-13(3,14)12-16-11(17-18-12)10-5-7-15-8-9(10)2/h5,7-8H,4,6,14H2,1-3H3. The van der Waals surface area contributed by atoms with Crippen LogP contribution in [0.5, 0.6) is 0 Å². The first-order valence-electron chi connectivity index (χ1n) is 6.08. The molecule has 2 aromatic heterocycles. The number of aromatic nitrogens is 3. The predicted octanol–water partition coefficient (Wildman–Crippen LogP) is 2.41. The highest BCUT2D eigenvalue weighted by Gasteiger charge is 2.27. The van der Waals surface area contributed by atoms with Gasteiger partial charge in [0.05, 0.1) is 5.54 Å². The van der Waals surface area contributed by atoms with Gasteiger partial charge in [0, 0.05) is 18.0 Å². The van der Waals surface area contributed by atoms with Crippen molar-refractivity contribution in [2.75, 3.05) is 0 Å². The van der Waals surface area contributed by atoms with Crippen LogP contribution >= 0.6 is 0 Å². The van der Waals surface area contributed by atoms with Crippen LogP contribution in [0.1, 0.15) is 38.1 Å². The normalized spacial score (nSPS) is 14.4. The largest absolute Gasteiger partial charge is 0.337 e. The molecule has 0 fully saturated rings. The van der Waals surface area contributed by atoms with Crippen molar-refractivity contribution in [3.8, 4) is 11.4 Å². The monoisotopic (exact) mass is 246 g/mol. The minimum absolute atomic E-state index is 0.482. The Labute approximate surface area is 106 Å². The Kier molecular flexibility index (Phi) is 3.43. The summed E-state index contributed by atoms with van der Waals surface area (Å²) in [4.78, 5) is 8.45. The van der Waals surface area contributed by atoms with Crippen LogP contribution in [0.4, 0.5) is 0 Å². The fourth-order valence-corrected chi connectivity index (χ4v) is 1.92. The fraction of sp³-hybridized carbons (Fsp3) is 0.462. The molecule has 0 saturated carbocycles. The van der Waals surface area contributed by atoms with E-state index in [0.717, 1.165) is 24.0 Å². The van der Waals surface area contributed by atoms with Crippen LogP contribution in [0.15, 0.2) is 23.0 Å². The Balaban J connectivity index is 2.34. The van der Waals surface area contributed by atoms with Gasteiger partial charge in [-0.2, -0.15) is 4.98 Å². The molecule has 18 heavy (non-hydrogen) atoms. The smallest absolute Gasteiger partial charge is 0.246 e. The van der Waals surface area contributed by atoms with E-state index >= 15 is 0 Å². The van der Waals surface area contributed by atoms with Gasteiger partial charge in [0.2, 0.25) is 11.7 Å². The topological polar surface area (TPSA) is 77.8 Å². The van der Waals surface area contributed by atoms with Crippen LogP contribution in [0.2, 0.25) is 0 Å². The van der Waals surface area contributed by atoms with Crippen LogP contribution in [0.25, 0.3) is 11.4 Å². The third-order valence-electron chi connectivity index (χ3n) is 2.95. The van der Waals surface area contributed by atoms with E-state index in [0.29, 0.717) is 11.7 Å². The zero-order valence-electron chi connectivity index (χ0n) is 11.0. The Morgan fingerprint density at radius 2 is 2.22 bits per heavy atom. The Morgan fingerprint density at radius 1 is 1.44 bits per heavy atom. The molecule has 5 heteroatoms. The van der Waals surface area contributed by atoms with Crippen molar-refractivity contribution in [3.05, 3.63) is 29.9 Å². The van der Waals surface area contributed by atoms with E-state index in [2.05, 4.69) is 22.0 Å². The summed E-state index contributed by atoms with van der Waals surface area (Å²) in [6.07, 6.45) is 5.27. The van der Waals surface area contributed by atoms with Gasteiger partial charge in [-0.15, -0.1) is 0 Å². The number of hydrogen-bond acceptors (Lipinski definition) is 5. The molecule has 2 N–H and O–H groups in total. The highest BCUT2D eigenvalue weighted by atomic mass is 16.5. The fourth-order valence-electron chi connectivity index (χ4n) is 1.92. The average molecular weight is 246 g/mol. The highest BCUT2D eigenvalue weighted by molar-refractivity contribution is 5.58. The van der Waals surface area contributed by atoms with E-state index in [1.54, 1.807) is 12.4 Å². The molecule has 1 atom stereocenters. The van der Waals surface area contributed by atoms with Crippen molar-refractivity contribution in [1.82, 2.24) is 15.1 Å². The maximum atomic E-state index is 6.17. The van der Waals surface area contributed by atoms with E-state index in [1.807, 2.05) is 19.9 Å². The molecule has 0 amide bonds. The van der Waals surface area contributed by atoms with Gasteiger partial charge >= 0.3 is 0 Å². The van der Waals surface area contributed by atoms with E-state index < -0.39 is 5.54 Å². The highest BCUT2D eigenvalue weighted by Crippen LogP contribution is 2.25. The van der Waals surface area contributed by atoms with Crippen molar-refractivity contribution in [1.29, 1.82) is 0 Å². The maximum absolute atomic E-state index is 6.17. The summed E-state index contributed by atoms with van der Waals surface area (Å²) in [5, 5.41) is 4.00. The molecule has 0 aliphatic carbocycles. The van der Waals surface area contributed by atoms with Gasteiger partial charge in [-0.3, -0.25) is 4.98 Å². The van der Waals surface area contributed by atoms with Gasteiger partial charge in [-0.25, -0.2) is 0 Å². The van der Waals surface area contributed by atoms with Gasteiger partial charge in [-0.1, -0.05) is 18.5 Å². The number of nitrogens with two attached hydrogens (primary N) is 1. The summed E-state index contributed by atoms with van der Waals surface area (Å²) in [5.74, 6) is 1.05. The molecule has 0 aliphatic rings. The lowest BCUT2D eigenvalue weighted by molar-refractivity contribution is 0.284. The second-order valence-corrected chi connectivity index (χ2v) is 4.78. The zero-order chi connectivity index (χ0) is 13.2. The number of aryl methyl sites for hydroxylation is 1. The zero-order valence-corrected chi connectivity index (χ0v) is 11.0. The Morgan fingerprint density at radius 3 is 2.89 bits per heavy atom. The minimum atomic E-state index is -0.569. The van der Waals surface area contributed by atoms with Crippen LogP contribution in [-0.2, 0) is 5.54 Å². The summed E-state index contributed by atoms with van der Waals surface area (Å²) in [5.41, 5.74) is 7.54. The second kappa shape index (κ2) is 4.86. The molecular weight excluding hydrogens is 228 g/mol. The van der Waals surface area contributed by atoms with Gasteiger partial charge in [0.15, 0.2) is 0 Å². The maximum Gasteiger partial charge on any atom is 0.246 e. The van der Waals surface area contributed by atoms with Crippen molar-refractivity contribution in [3.63, 3.8) is 0 Å². The summed E-state index contributed by atoms with van der Waals surface area (Å²) >= 11 is 0. The molecule has 0 spiro atoms. The third kappa shape index (κ3) is 2.41. The van der Waals surface area contributed by atoms with Crippen molar-refractivity contribution in [2.24, 2.45) is 5.73 Å². The Hall–Kier alpha value is -1.75. The lowest BCUT2D eigenvalue weighted by Gasteiger charge is -2.18. The summed E-state index contributed by atoms with van der Waals surface area (Å²) < 4.78 is 5.28. The lowest BCUT2D eigenvalue weighted by Crippen LogP contribution is -2.33. The molecule has 2 heterocycles. The number of pyridine rings is 1. The van der Waals surface area contributed by atoms with Crippen LogP contribution in [-0.4, -0.2) is 15.1 Å². The molecule has 1 unspecified atom stereocenters. The van der Waals surface area contributed by atoms with Gasteiger partial charge in [-0.05, 0) is 31.9 Å². The molecule has 2 aromatic rings. The molecular formula is C13H18N4O. The van der Waals surface area contributed by atoms with E-state index in [9.17, 15) is 0 Å². The molecule has 0 radical (unpaired) electrons. The first kappa shape index (κ1) is 12.7. The number of nitrogens with zero attached hydrogens (tertiary/aromatic N) is 3. The van der Waals surface area contributed by atoms with Crippen LogP contribution < -0.4 is 5.73 Å². The minimum Gasteiger partial charge on any atom is -0.337 e. The summed E-state index contributed by atoms with van der Waals surface area (Å²) in [6, 6.07) is 1.87. The SMILES string of the molecule is CCCC(C)(N)c1nc(-c2ccncc2C)no1. The lowest BCUT2D eigenvalue weighted by atomic mass is 9.98. The van der Waals surface area contributed by atoms with E-state index in [1.165, 1.54) is 0 Å². The van der Waals surface area contributed by atoms with E-state index in [-0.39, 0.29) is 0 Å². The first-order valence-corrected chi connectivity index (χ1v) is 6.08. The average Bonchev–Trinajstić information content (AvgIpc) is 2.79. The molecule has 5 nitrogen and oxygen atoms in total. The van der Waals surface area contributed by atoms with E-state index in [4.69, 9.17) is 10.3 Å². The predicted molar refractivity (Wildman–Crippen MR) is 68.7 cm³/mol. The third-order valence-corrected chi connectivity index (χ3v) is 2.95. The molecule has 0 bridgehead atoms. The van der Waals surface area contributed by atoms with Gasteiger partial charge < -0.3 is 10.3 Å².